The molecule has 0 N–H and O–H groups in total. The Morgan fingerprint density at radius 3 is 2.45 bits per heavy atom. The molecule has 0 bridgehead atoms. The quantitative estimate of drug-likeness (QED) is 0.417. The highest BCUT2D eigenvalue weighted by molar-refractivity contribution is 6.42. The van der Waals surface area contributed by atoms with Gasteiger partial charge in [0.1, 0.15) is 11.9 Å². The second kappa shape index (κ2) is 7.80. The van der Waals surface area contributed by atoms with Crippen LogP contribution >= 0.6 is 23.2 Å². The second-order valence-corrected chi connectivity index (χ2v) is 6.87. The van der Waals surface area contributed by atoms with Crippen molar-refractivity contribution in [1.82, 2.24) is 0 Å². The van der Waals surface area contributed by atoms with Gasteiger partial charge in [-0.05, 0) is 51.3 Å². The van der Waals surface area contributed by atoms with Crippen molar-refractivity contribution in [2.75, 3.05) is 0 Å². The molecule has 0 saturated carbocycles. The van der Waals surface area contributed by atoms with E-state index < -0.39 is 11.6 Å². The summed E-state index contributed by atoms with van der Waals surface area (Å²) >= 11 is 11.8. The molecule has 0 aliphatic heterocycles. The molecule has 0 saturated heterocycles. The fraction of sp³-hybridized carbons (Fsp3) is 0.412. The van der Waals surface area contributed by atoms with Gasteiger partial charge in [0.15, 0.2) is 0 Å². The molecule has 0 aromatic heterocycles. The van der Waals surface area contributed by atoms with Crippen LogP contribution in [0.4, 0.5) is 0 Å². The number of benzene rings is 1. The summed E-state index contributed by atoms with van der Waals surface area (Å²) in [5.41, 5.74) is 0.552. The topological polar surface area (TPSA) is 43.4 Å². The van der Waals surface area contributed by atoms with Crippen LogP contribution in [0.2, 0.25) is 10.0 Å². The van der Waals surface area contributed by atoms with Crippen LogP contribution in [0.25, 0.3) is 0 Å². The number of esters is 1. The largest absolute Gasteiger partial charge is 0.457 e. The zero-order valence-corrected chi connectivity index (χ0v) is 14.5. The lowest BCUT2D eigenvalue weighted by atomic mass is 9.94. The first-order valence-corrected chi connectivity index (χ1v) is 7.71. The van der Waals surface area contributed by atoms with E-state index in [-0.39, 0.29) is 5.92 Å². The molecular weight excluding hydrogens is 323 g/mol. The number of carbonyl (C=O) groups excluding carboxylic acids is 2. The highest BCUT2D eigenvalue weighted by Gasteiger charge is 2.20. The van der Waals surface area contributed by atoms with E-state index in [1.165, 1.54) is 0 Å². The van der Waals surface area contributed by atoms with Crippen LogP contribution in [0.1, 0.15) is 45.1 Å². The minimum absolute atomic E-state index is 0.349. The standard InChI is InChI=1S/C17H20Cl2O3/c1-11(16(21)22-17(2,3)4)5-6-13(10-20)12-7-8-14(18)15(19)9-12/h7-10,13H,1,5-6H2,2-4H3. The number of hydrogen-bond donors (Lipinski definition) is 0. The Morgan fingerprint density at radius 2 is 1.95 bits per heavy atom. The van der Waals surface area contributed by atoms with Gasteiger partial charge in [-0.3, -0.25) is 0 Å². The van der Waals surface area contributed by atoms with E-state index in [1.54, 1.807) is 39.0 Å². The normalized spacial score (nSPS) is 12.6. The molecule has 22 heavy (non-hydrogen) atoms. The van der Waals surface area contributed by atoms with Crippen molar-refractivity contribution in [2.24, 2.45) is 0 Å². The molecule has 5 heteroatoms. The first-order chi connectivity index (χ1) is 10.1. The molecule has 1 aromatic rings. The van der Waals surface area contributed by atoms with Crippen molar-refractivity contribution in [3.63, 3.8) is 0 Å². The molecular formula is C17H20Cl2O3. The van der Waals surface area contributed by atoms with E-state index in [0.717, 1.165) is 11.8 Å². The first-order valence-electron chi connectivity index (χ1n) is 6.95. The summed E-state index contributed by atoms with van der Waals surface area (Å²) < 4.78 is 5.24. The molecule has 0 fully saturated rings. The number of rotatable bonds is 6. The van der Waals surface area contributed by atoms with Gasteiger partial charge in [-0.25, -0.2) is 4.79 Å². The van der Waals surface area contributed by atoms with Gasteiger partial charge in [-0.15, -0.1) is 0 Å². The lowest BCUT2D eigenvalue weighted by Gasteiger charge is -2.20. The van der Waals surface area contributed by atoms with E-state index in [2.05, 4.69) is 6.58 Å². The zero-order chi connectivity index (χ0) is 16.9. The Morgan fingerprint density at radius 1 is 1.32 bits per heavy atom. The second-order valence-electron chi connectivity index (χ2n) is 6.06. The lowest BCUT2D eigenvalue weighted by Crippen LogP contribution is -2.24. The fourth-order valence-corrected chi connectivity index (χ4v) is 2.14. The Labute approximate surface area is 141 Å². The van der Waals surface area contributed by atoms with E-state index in [1.807, 2.05) is 0 Å². The highest BCUT2D eigenvalue weighted by atomic mass is 35.5. The van der Waals surface area contributed by atoms with Crippen LogP contribution in [0.15, 0.2) is 30.4 Å². The molecule has 0 aliphatic carbocycles. The Hall–Kier alpha value is -1.32. The molecule has 0 aliphatic rings. The van der Waals surface area contributed by atoms with Crippen LogP contribution in [0, 0.1) is 0 Å². The molecule has 0 amide bonds. The molecule has 3 nitrogen and oxygen atoms in total. The monoisotopic (exact) mass is 342 g/mol. The summed E-state index contributed by atoms with van der Waals surface area (Å²) in [6, 6.07) is 5.07. The Balaban J connectivity index is 2.67. The third kappa shape index (κ3) is 5.82. The lowest BCUT2D eigenvalue weighted by molar-refractivity contribution is -0.150. The number of hydrogen-bond acceptors (Lipinski definition) is 3. The van der Waals surface area contributed by atoms with Crippen molar-refractivity contribution < 1.29 is 14.3 Å². The molecule has 1 unspecified atom stereocenters. The molecule has 1 atom stereocenters. The smallest absolute Gasteiger partial charge is 0.333 e. The molecule has 120 valence electrons. The van der Waals surface area contributed by atoms with Crippen molar-refractivity contribution in [1.29, 1.82) is 0 Å². The van der Waals surface area contributed by atoms with Crippen molar-refractivity contribution in [2.45, 2.75) is 45.1 Å². The molecule has 0 radical (unpaired) electrons. The summed E-state index contributed by atoms with van der Waals surface area (Å²) in [6.07, 6.45) is 1.67. The summed E-state index contributed by atoms with van der Waals surface area (Å²) in [5, 5.41) is 0.838. The maximum Gasteiger partial charge on any atom is 0.333 e. The third-order valence-electron chi connectivity index (χ3n) is 2.98. The van der Waals surface area contributed by atoms with Gasteiger partial charge in [-0.2, -0.15) is 0 Å². The Bertz CT molecular complexity index is 574. The van der Waals surface area contributed by atoms with Crippen LogP contribution in [-0.2, 0) is 14.3 Å². The number of halogens is 2. The van der Waals surface area contributed by atoms with E-state index in [9.17, 15) is 9.59 Å². The maximum absolute atomic E-state index is 11.8. The molecule has 1 aromatic carbocycles. The minimum Gasteiger partial charge on any atom is -0.457 e. The van der Waals surface area contributed by atoms with Gasteiger partial charge in [0.05, 0.1) is 10.0 Å². The van der Waals surface area contributed by atoms with Gasteiger partial charge >= 0.3 is 5.97 Å². The molecule has 0 heterocycles. The van der Waals surface area contributed by atoms with Crippen LogP contribution in [0.5, 0.6) is 0 Å². The summed E-state index contributed by atoms with van der Waals surface area (Å²) in [7, 11) is 0. The van der Waals surface area contributed by atoms with Crippen LogP contribution in [-0.4, -0.2) is 17.9 Å². The summed E-state index contributed by atoms with van der Waals surface area (Å²) in [5.74, 6) is -0.805. The van der Waals surface area contributed by atoms with Crippen molar-refractivity contribution in [3.8, 4) is 0 Å². The average Bonchev–Trinajstić information content (AvgIpc) is 2.41. The highest BCUT2D eigenvalue weighted by Crippen LogP contribution is 2.28. The zero-order valence-electron chi connectivity index (χ0n) is 13.0. The minimum atomic E-state index is -0.562. The number of aldehydes is 1. The van der Waals surface area contributed by atoms with Gasteiger partial charge in [0, 0.05) is 11.5 Å². The Kier molecular flexibility index (Phi) is 6.64. The van der Waals surface area contributed by atoms with E-state index >= 15 is 0 Å². The van der Waals surface area contributed by atoms with Crippen molar-refractivity contribution in [3.05, 3.63) is 46.0 Å². The van der Waals surface area contributed by atoms with Crippen LogP contribution < -0.4 is 0 Å². The van der Waals surface area contributed by atoms with Crippen molar-refractivity contribution >= 4 is 35.5 Å². The van der Waals surface area contributed by atoms with E-state index in [0.29, 0.717) is 28.5 Å². The predicted octanol–water partition coefficient (Wildman–Crippen LogP) is 4.95. The third-order valence-corrected chi connectivity index (χ3v) is 3.72. The number of ether oxygens (including phenoxy) is 1. The van der Waals surface area contributed by atoms with Gasteiger partial charge in [0.25, 0.3) is 0 Å². The average molecular weight is 343 g/mol. The number of carbonyl (C=O) groups is 2. The first kappa shape index (κ1) is 18.7. The van der Waals surface area contributed by atoms with E-state index in [4.69, 9.17) is 27.9 Å². The van der Waals surface area contributed by atoms with Gasteiger partial charge < -0.3 is 9.53 Å². The predicted molar refractivity (Wildman–Crippen MR) is 89.5 cm³/mol. The molecule has 0 spiro atoms. The van der Waals surface area contributed by atoms with Gasteiger partial charge in [-0.1, -0.05) is 35.8 Å². The SMILES string of the molecule is C=C(CCC(C=O)c1ccc(Cl)c(Cl)c1)C(=O)OC(C)(C)C. The fourth-order valence-electron chi connectivity index (χ4n) is 1.84. The van der Waals surface area contributed by atoms with Gasteiger partial charge in [0.2, 0.25) is 0 Å². The maximum atomic E-state index is 11.8. The summed E-state index contributed by atoms with van der Waals surface area (Å²) in [6.45, 7) is 9.11. The van der Waals surface area contributed by atoms with Crippen LogP contribution in [0.3, 0.4) is 0 Å². The molecule has 1 rings (SSSR count). The summed E-state index contributed by atoms with van der Waals surface area (Å²) in [4.78, 5) is 23.1.